The molecule has 2 aliphatic rings. The van der Waals surface area contributed by atoms with Gasteiger partial charge in [0.15, 0.2) is 18.1 Å². The molecule has 3 rings (SSSR count). The topological polar surface area (TPSA) is 120 Å². The predicted octanol–water partition coefficient (Wildman–Crippen LogP) is -0.333. The molecule has 1 aromatic carbocycles. The Morgan fingerprint density at radius 3 is 2.72 bits per heavy atom. The number of nitrogens with one attached hydrogen (secondary N) is 1. The number of amides is 3. The van der Waals surface area contributed by atoms with Gasteiger partial charge in [-0.1, -0.05) is 0 Å². The summed E-state index contributed by atoms with van der Waals surface area (Å²) in [4.78, 5) is 47.3. The van der Waals surface area contributed by atoms with Crippen LogP contribution in [0.2, 0.25) is 0 Å². The predicted molar refractivity (Wildman–Crippen MR) is 78.9 cm³/mol. The lowest BCUT2D eigenvalue weighted by Crippen LogP contribution is -2.37. The van der Waals surface area contributed by atoms with Crippen LogP contribution < -0.4 is 14.8 Å². The zero-order valence-corrected chi connectivity index (χ0v) is 13.0. The lowest BCUT2D eigenvalue weighted by atomic mass is 10.2. The van der Waals surface area contributed by atoms with Crippen molar-refractivity contribution in [1.29, 1.82) is 0 Å². The molecule has 0 spiro atoms. The van der Waals surface area contributed by atoms with Gasteiger partial charge in [0.1, 0.15) is 13.2 Å². The van der Waals surface area contributed by atoms with Gasteiger partial charge in [0.05, 0.1) is 6.54 Å². The van der Waals surface area contributed by atoms with Crippen LogP contribution in [-0.4, -0.2) is 61.9 Å². The first-order chi connectivity index (χ1) is 12.0. The molecular formula is C15H14N2O8. The molecule has 2 heterocycles. The molecule has 2 aliphatic heterocycles. The highest BCUT2D eigenvalue weighted by molar-refractivity contribution is 5.97. The zero-order valence-electron chi connectivity index (χ0n) is 13.0. The fourth-order valence-electron chi connectivity index (χ4n) is 2.18. The summed E-state index contributed by atoms with van der Waals surface area (Å²) in [6, 6.07) is 4.60. The second kappa shape index (κ2) is 7.07. The molecule has 0 saturated carbocycles. The summed E-state index contributed by atoms with van der Waals surface area (Å²) in [5, 5.41) is 2.37. The van der Waals surface area contributed by atoms with Crippen LogP contribution in [0.25, 0.3) is 0 Å². The smallest absolute Gasteiger partial charge is 0.416 e. The summed E-state index contributed by atoms with van der Waals surface area (Å²) in [5.41, 5.74) is 0.285. The first kappa shape index (κ1) is 16.6. The molecule has 0 aliphatic carbocycles. The Bertz CT molecular complexity index is 732. The fraction of sp³-hybridized carbons (Fsp3) is 0.333. The number of nitrogens with zero attached hydrogens (tertiary/aromatic N) is 1. The summed E-state index contributed by atoms with van der Waals surface area (Å²) in [5.74, 6) is -1.02. The van der Waals surface area contributed by atoms with Gasteiger partial charge < -0.3 is 24.3 Å². The van der Waals surface area contributed by atoms with E-state index in [1.807, 2.05) is 0 Å². The summed E-state index contributed by atoms with van der Waals surface area (Å²) < 4.78 is 19.6. The number of imide groups is 1. The Kier molecular flexibility index (Phi) is 4.68. The van der Waals surface area contributed by atoms with Gasteiger partial charge in [-0.15, -0.1) is 0 Å². The van der Waals surface area contributed by atoms with Crippen LogP contribution in [0.4, 0.5) is 4.79 Å². The molecule has 3 amide bonds. The van der Waals surface area contributed by atoms with E-state index in [1.165, 1.54) is 12.1 Å². The number of fused-ring (bicyclic) bond motifs is 1. The minimum atomic E-state index is -0.810. The van der Waals surface area contributed by atoms with Crippen molar-refractivity contribution in [2.75, 3.05) is 33.1 Å². The average Bonchev–Trinajstić information content (AvgIpc) is 3.25. The number of cyclic esters (lactones) is 1. The molecule has 0 unspecified atom stereocenters. The quantitative estimate of drug-likeness (QED) is 0.717. The van der Waals surface area contributed by atoms with Crippen LogP contribution in [0.5, 0.6) is 11.5 Å². The molecule has 10 nitrogen and oxygen atoms in total. The number of benzene rings is 1. The van der Waals surface area contributed by atoms with Crippen molar-refractivity contribution < 1.29 is 38.1 Å². The van der Waals surface area contributed by atoms with Gasteiger partial charge in [0.2, 0.25) is 6.79 Å². The van der Waals surface area contributed by atoms with Gasteiger partial charge in [0.25, 0.3) is 11.8 Å². The maximum atomic E-state index is 12.0. The number of ether oxygens (including phenoxy) is 4. The van der Waals surface area contributed by atoms with Gasteiger partial charge in [-0.3, -0.25) is 14.4 Å². The second-order valence-corrected chi connectivity index (χ2v) is 5.07. The van der Waals surface area contributed by atoms with Gasteiger partial charge in [-0.2, -0.15) is 0 Å². The van der Waals surface area contributed by atoms with E-state index in [4.69, 9.17) is 14.2 Å². The first-order valence-corrected chi connectivity index (χ1v) is 7.35. The summed E-state index contributed by atoms with van der Waals surface area (Å²) in [7, 11) is 0. The van der Waals surface area contributed by atoms with E-state index in [0.29, 0.717) is 11.5 Å². The second-order valence-electron chi connectivity index (χ2n) is 5.07. The first-order valence-electron chi connectivity index (χ1n) is 7.35. The molecule has 1 saturated heterocycles. The third kappa shape index (κ3) is 3.79. The van der Waals surface area contributed by atoms with Gasteiger partial charge in [-0.05, 0) is 18.2 Å². The van der Waals surface area contributed by atoms with Crippen molar-refractivity contribution >= 4 is 23.9 Å². The molecule has 0 radical (unpaired) electrons. The van der Waals surface area contributed by atoms with Crippen molar-refractivity contribution in [3.8, 4) is 11.5 Å². The van der Waals surface area contributed by atoms with E-state index in [9.17, 15) is 19.2 Å². The van der Waals surface area contributed by atoms with Gasteiger partial charge in [-0.25, -0.2) is 9.69 Å². The molecule has 1 N–H and O–H groups in total. The Morgan fingerprint density at radius 2 is 1.96 bits per heavy atom. The molecule has 1 fully saturated rings. The molecule has 0 bridgehead atoms. The van der Waals surface area contributed by atoms with Gasteiger partial charge >= 0.3 is 12.1 Å². The van der Waals surface area contributed by atoms with Crippen molar-refractivity contribution in [3.63, 3.8) is 0 Å². The Labute approximate surface area is 141 Å². The average molecular weight is 350 g/mol. The third-order valence-corrected chi connectivity index (χ3v) is 3.45. The van der Waals surface area contributed by atoms with Crippen LogP contribution in [0.3, 0.4) is 0 Å². The van der Waals surface area contributed by atoms with Crippen LogP contribution >= 0.6 is 0 Å². The largest absolute Gasteiger partial charge is 0.454 e. The van der Waals surface area contributed by atoms with Crippen molar-refractivity contribution in [2.45, 2.75) is 0 Å². The number of hydrogen-bond donors (Lipinski definition) is 1. The molecular weight excluding hydrogens is 336 g/mol. The maximum Gasteiger partial charge on any atom is 0.416 e. The Hall–Kier alpha value is -3.30. The van der Waals surface area contributed by atoms with Crippen LogP contribution in [0.15, 0.2) is 18.2 Å². The third-order valence-electron chi connectivity index (χ3n) is 3.45. The van der Waals surface area contributed by atoms with E-state index in [0.717, 1.165) is 4.90 Å². The highest BCUT2D eigenvalue weighted by Gasteiger charge is 2.29. The number of carbonyl (C=O) groups is 4. The number of rotatable bonds is 5. The molecule has 0 aromatic heterocycles. The number of carbonyl (C=O) groups excluding carboxylic acids is 4. The molecule has 1 aromatic rings. The highest BCUT2D eigenvalue weighted by atomic mass is 16.7. The minimum absolute atomic E-state index is 0.0886. The van der Waals surface area contributed by atoms with Crippen LogP contribution in [0.1, 0.15) is 10.4 Å². The Morgan fingerprint density at radius 1 is 1.16 bits per heavy atom. The van der Waals surface area contributed by atoms with Crippen molar-refractivity contribution in [2.24, 2.45) is 0 Å². The normalized spacial score (nSPS) is 14.9. The van der Waals surface area contributed by atoms with Crippen molar-refractivity contribution in [1.82, 2.24) is 10.2 Å². The zero-order chi connectivity index (χ0) is 17.8. The van der Waals surface area contributed by atoms with E-state index in [2.05, 4.69) is 10.1 Å². The van der Waals surface area contributed by atoms with Gasteiger partial charge in [0, 0.05) is 5.56 Å². The molecule has 132 valence electrons. The van der Waals surface area contributed by atoms with E-state index < -0.39 is 37.0 Å². The van der Waals surface area contributed by atoms with Crippen molar-refractivity contribution in [3.05, 3.63) is 23.8 Å². The lowest BCUT2D eigenvalue weighted by molar-refractivity contribution is -0.149. The number of esters is 1. The van der Waals surface area contributed by atoms with Crippen LogP contribution in [-0.2, 0) is 19.1 Å². The highest BCUT2D eigenvalue weighted by Crippen LogP contribution is 2.32. The van der Waals surface area contributed by atoms with Crippen LogP contribution in [0, 0.1) is 0 Å². The molecule has 0 atom stereocenters. The van der Waals surface area contributed by atoms with E-state index in [-0.39, 0.29) is 25.5 Å². The SMILES string of the molecule is O=C(CNC(=O)c1ccc2c(c1)OCO2)OCC(=O)N1CCOC1=O. The standard InChI is InChI=1S/C15H14N2O8/c18-12(17-3-4-22-15(17)21)7-23-13(19)6-16-14(20)9-1-2-10-11(5-9)25-8-24-10/h1-2,5H,3-4,6-8H2,(H,16,20). The summed E-state index contributed by atoms with van der Waals surface area (Å²) in [6.45, 7) is -0.704. The maximum absolute atomic E-state index is 12.0. The summed E-state index contributed by atoms with van der Waals surface area (Å²) >= 11 is 0. The lowest BCUT2D eigenvalue weighted by Gasteiger charge is -2.11. The monoisotopic (exact) mass is 350 g/mol. The summed E-state index contributed by atoms with van der Waals surface area (Å²) in [6.07, 6.45) is -0.767. The number of hydrogen-bond acceptors (Lipinski definition) is 8. The Balaban J connectivity index is 1.43. The van der Waals surface area contributed by atoms with E-state index in [1.54, 1.807) is 6.07 Å². The molecule has 25 heavy (non-hydrogen) atoms. The minimum Gasteiger partial charge on any atom is -0.454 e. The fourth-order valence-corrected chi connectivity index (χ4v) is 2.18. The van der Waals surface area contributed by atoms with E-state index >= 15 is 0 Å². The molecule has 10 heteroatoms.